The zero-order chi connectivity index (χ0) is 20.7. The molecule has 1 heterocycles. The third-order valence-electron chi connectivity index (χ3n) is 3.64. The van der Waals surface area contributed by atoms with Crippen molar-refractivity contribution in [2.45, 2.75) is 17.6 Å². The molecule has 0 radical (unpaired) electrons. The summed E-state index contributed by atoms with van der Waals surface area (Å²) in [6.45, 7) is 0.307. The van der Waals surface area contributed by atoms with E-state index in [0.717, 1.165) is 24.0 Å². The van der Waals surface area contributed by atoms with Crippen LogP contribution in [0.25, 0.3) is 0 Å². The highest BCUT2D eigenvalue weighted by Gasteiger charge is 2.31. The number of nitrogens with zero attached hydrogens (tertiary/aromatic N) is 1. The minimum Gasteiger partial charge on any atom is -0.497 e. The van der Waals surface area contributed by atoms with Crippen LogP contribution in [0, 0.1) is 0 Å². The Morgan fingerprint density at radius 1 is 1.25 bits per heavy atom. The van der Waals surface area contributed by atoms with Crippen LogP contribution in [-0.2, 0) is 17.4 Å². The molecule has 2 rings (SSSR count). The second-order valence-corrected chi connectivity index (χ2v) is 7.05. The number of ether oxygens (including phenoxy) is 2. The van der Waals surface area contributed by atoms with E-state index in [1.165, 1.54) is 14.2 Å². The molecule has 2 aromatic rings. The molecule has 0 bridgehead atoms. The summed E-state index contributed by atoms with van der Waals surface area (Å²) in [6.07, 6.45) is -3.63. The van der Waals surface area contributed by atoms with Gasteiger partial charge in [0, 0.05) is 30.1 Å². The summed E-state index contributed by atoms with van der Waals surface area (Å²) in [5, 5.41) is 2.94. The van der Waals surface area contributed by atoms with Gasteiger partial charge in [-0.3, -0.25) is 4.79 Å². The van der Waals surface area contributed by atoms with Crippen LogP contribution < -0.4 is 14.8 Å². The quantitative estimate of drug-likeness (QED) is 0.498. The van der Waals surface area contributed by atoms with E-state index in [0.29, 0.717) is 29.4 Å². The third-order valence-corrected chi connectivity index (χ3v) is 5.05. The Bertz CT molecular complexity index is 834. The number of carbonyl (C=O) groups is 1. The number of thioether (sulfide) groups is 1. The number of carbonyl (C=O) groups excluding carboxylic acids is 1. The fraction of sp³-hybridized carbons (Fsp3) is 0.333. The van der Waals surface area contributed by atoms with Gasteiger partial charge < -0.3 is 14.8 Å². The average Bonchev–Trinajstić information content (AvgIpc) is 2.65. The number of alkyl halides is 3. The molecule has 0 saturated heterocycles. The summed E-state index contributed by atoms with van der Waals surface area (Å²) in [4.78, 5) is 15.8. The van der Waals surface area contributed by atoms with Crippen molar-refractivity contribution in [1.82, 2.24) is 10.3 Å². The van der Waals surface area contributed by atoms with Crippen LogP contribution in [0.2, 0.25) is 5.02 Å². The van der Waals surface area contributed by atoms with E-state index in [1.54, 1.807) is 18.2 Å². The van der Waals surface area contributed by atoms with Gasteiger partial charge in [-0.05, 0) is 12.1 Å². The van der Waals surface area contributed by atoms with Gasteiger partial charge in [0.25, 0.3) is 0 Å². The third kappa shape index (κ3) is 6.20. The molecule has 5 nitrogen and oxygen atoms in total. The van der Waals surface area contributed by atoms with Crippen LogP contribution in [0.1, 0.15) is 11.1 Å². The van der Waals surface area contributed by atoms with Gasteiger partial charge in [-0.2, -0.15) is 13.2 Å². The summed E-state index contributed by atoms with van der Waals surface area (Å²) in [6, 6.07) is 6.01. The normalized spacial score (nSPS) is 11.2. The molecular formula is C18H18ClF3N2O3S. The van der Waals surface area contributed by atoms with Gasteiger partial charge in [0.2, 0.25) is 5.91 Å². The maximum atomic E-state index is 12.6. The predicted molar refractivity (Wildman–Crippen MR) is 101 cm³/mol. The molecule has 28 heavy (non-hydrogen) atoms. The standard InChI is InChI=1S/C18H18ClF3N2O3S/c1-26-13-4-3-11(15(9-13)27-2)7-16(25)23-5-6-28-17-14(19)8-12(10-24-17)18(20,21)22/h3-4,8-10H,5-7H2,1-2H3,(H,23,25). The van der Waals surface area contributed by atoms with Crippen molar-refractivity contribution >= 4 is 29.3 Å². The Kier molecular flexibility index (Phi) is 7.82. The highest BCUT2D eigenvalue weighted by atomic mass is 35.5. The SMILES string of the molecule is COc1ccc(CC(=O)NCCSc2ncc(C(F)(F)F)cc2Cl)c(OC)c1. The van der Waals surface area contributed by atoms with Crippen molar-refractivity contribution in [3.63, 3.8) is 0 Å². The molecular weight excluding hydrogens is 417 g/mol. The molecule has 0 aliphatic carbocycles. The van der Waals surface area contributed by atoms with Gasteiger partial charge in [0.05, 0.1) is 31.2 Å². The van der Waals surface area contributed by atoms with Gasteiger partial charge in [-0.1, -0.05) is 17.7 Å². The fourth-order valence-electron chi connectivity index (χ4n) is 2.26. The summed E-state index contributed by atoms with van der Waals surface area (Å²) in [7, 11) is 3.05. The number of benzene rings is 1. The first-order valence-corrected chi connectivity index (χ1v) is 9.44. The van der Waals surface area contributed by atoms with Crippen molar-refractivity contribution in [3.05, 3.63) is 46.6 Å². The van der Waals surface area contributed by atoms with Gasteiger partial charge in [0.15, 0.2) is 0 Å². The molecule has 152 valence electrons. The summed E-state index contributed by atoms with van der Waals surface area (Å²) < 4.78 is 48.2. The van der Waals surface area contributed by atoms with Crippen molar-refractivity contribution in [3.8, 4) is 11.5 Å². The van der Waals surface area contributed by atoms with Crippen molar-refractivity contribution in [2.75, 3.05) is 26.5 Å². The molecule has 1 aromatic carbocycles. The lowest BCUT2D eigenvalue weighted by molar-refractivity contribution is -0.137. The number of amides is 1. The van der Waals surface area contributed by atoms with E-state index in [1.807, 2.05) is 0 Å². The number of pyridine rings is 1. The van der Waals surface area contributed by atoms with Gasteiger partial charge in [-0.25, -0.2) is 4.98 Å². The minimum atomic E-state index is -4.49. The number of hydrogen-bond acceptors (Lipinski definition) is 5. The Morgan fingerprint density at radius 3 is 2.61 bits per heavy atom. The van der Waals surface area contributed by atoms with Crippen molar-refractivity contribution < 1.29 is 27.4 Å². The van der Waals surface area contributed by atoms with Gasteiger partial charge in [-0.15, -0.1) is 11.8 Å². The number of nitrogens with one attached hydrogen (secondary N) is 1. The van der Waals surface area contributed by atoms with Crippen molar-refractivity contribution in [1.29, 1.82) is 0 Å². The lowest BCUT2D eigenvalue weighted by atomic mass is 10.1. The highest BCUT2D eigenvalue weighted by Crippen LogP contribution is 2.33. The molecule has 0 saturated carbocycles. The fourth-order valence-corrected chi connectivity index (χ4v) is 3.31. The van der Waals surface area contributed by atoms with E-state index < -0.39 is 11.7 Å². The number of halogens is 4. The Morgan fingerprint density at radius 2 is 2.00 bits per heavy atom. The van der Waals surface area contributed by atoms with Crippen LogP contribution in [0.3, 0.4) is 0 Å². The monoisotopic (exact) mass is 434 g/mol. The second-order valence-electron chi connectivity index (χ2n) is 5.56. The molecule has 1 aromatic heterocycles. The first kappa shape index (κ1) is 22.2. The highest BCUT2D eigenvalue weighted by molar-refractivity contribution is 7.99. The summed E-state index contributed by atoms with van der Waals surface area (Å²) in [5.74, 6) is 1.36. The summed E-state index contributed by atoms with van der Waals surface area (Å²) in [5.41, 5.74) is -0.190. The van der Waals surface area contributed by atoms with Crippen LogP contribution >= 0.6 is 23.4 Å². The Labute approximate surface area is 169 Å². The predicted octanol–water partition coefficient (Wildman–Crippen LogP) is 4.22. The van der Waals surface area contributed by atoms with Crippen LogP contribution in [0.4, 0.5) is 13.2 Å². The maximum absolute atomic E-state index is 12.6. The number of aromatic nitrogens is 1. The van der Waals surface area contributed by atoms with E-state index >= 15 is 0 Å². The topological polar surface area (TPSA) is 60.5 Å². The summed E-state index contributed by atoms with van der Waals surface area (Å²) >= 11 is 7.01. The molecule has 0 atom stereocenters. The van der Waals surface area contributed by atoms with Crippen LogP contribution in [-0.4, -0.2) is 37.4 Å². The molecule has 1 N–H and O–H groups in total. The second kappa shape index (κ2) is 9.88. The molecule has 10 heteroatoms. The molecule has 0 unspecified atom stereocenters. The number of methoxy groups -OCH3 is 2. The number of hydrogen-bond donors (Lipinski definition) is 1. The van der Waals surface area contributed by atoms with Gasteiger partial charge in [0.1, 0.15) is 16.5 Å². The smallest absolute Gasteiger partial charge is 0.417 e. The van der Waals surface area contributed by atoms with Gasteiger partial charge >= 0.3 is 6.18 Å². The number of rotatable bonds is 8. The molecule has 0 fully saturated rings. The zero-order valence-electron chi connectivity index (χ0n) is 15.1. The molecule has 0 aliphatic heterocycles. The lowest BCUT2D eigenvalue weighted by Gasteiger charge is -2.11. The van der Waals surface area contributed by atoms with Crippen molar-refractivity contribution in [2.24, 2.45) is 0 Å². The van der Waals surface area contributed by atoms with Crippen LogP contribution in [0.15, 0.2) is 35.5 Å². The van der Waals surface area contributed by atoms with Crippen LogP contribution in [0.5, 0.6) is 11.5 Å². The van der Waals surface area contributed by atoms with E-state index in [2.05, 4.69) is 10.3 Å². The van der Waals surface area contributed by atoms with E-state index in [9.17, 15) is 18.0 Å². The minimum absolute atomic E-state index is 0.0749. The van der Waals surface area contributed by atoms with E-state index in [-0.39, 0.29) is 22.4 Å². The first-order valence-electron chi connectivity index (χ1n) is 8.07. The Balaban J connectivity index is 1.83. The molecule has 1 amide bonds. The first-order chi connectivity index (χ1) is 13.2. The lowest BCUT2D eigenvalue weighted by Crippen LogP contribution is -2.27. The van der Waals surface area contributed by atoms with E-state index in [4.69, 9.17) is 21.1 Å². The average molecular weight is 435 g/mol. The largest absolute Gasteiger partial charge is 0.497 e. The molecule has 0 spiro atoms. The maximum Gasteiger partial charge on any atom is 0.417 e. The zero-order valence-corrected chi connectivity index (χ0v) is 16.7. The molecule has 0 aliphatic rings. The Hall–Kier alpha value is -2.13.